The van der Waals surface area contributed by atoms with Crippen LogP contribution in [0.2, 0.25) is 0 Å². The quantitative estimate of drug-likeness (QED) is 0.908. The van der Waals surface area contributed by atoms with Gasteiger partial charge in [-0.25, -0.2) is 4.98 Å². The predicted molar refractivity (Wildman–Crippen MR) is 68.1 cm³/mol. The van der Waals surface area contributed by atoms with Crippen LogP contribution in [0.15, 0.2) is 36.5 Å². The first-order chi connectivity index (χ1) is 9.40. The Morgan fingerprint density at radius 1 is 1.15 bits per heavy atom. The minimum absolute atomic E-state index is 0.0173. The molecule has 2 aromatic rings. The first kappa shape index (κ1) is 14.1. The number of hydrogen-bond acceptors (Lipinski definition) is 4. The van der Waals surface area contributed by atoms with Crippen molar-refractivity contribution in [3.63, 3.8) is 0 Å². The van der Waals surface area contributed by atoms with Crippen molar-refractivity contribution in [1.29, 1.82) is 0 Å². The largest absolute Gasteiger partial charge is 0.438 e. The molecule has 1 heterocycles. The number of alkyl halides is 3. The molecule has 4 nitrogen and oxygen atoms in total. The van der Waals surface area contributed by atoms with Crippen LogP contribution in [0, 0.1) is 0 Å². The number of rotatable bonds is 3. The maximum Gasteiger partial charge on any atom is 0.419 e. The van der Waals surface area contributed by atoms with E-state index in [1.165, 1.54) is 30.5 Å². The summed E-state index contributed by atoms with van der Waals surface area (Å²) in [5.74, 6) is -0.294. The third-order valence-corrected chi connectivity index (χ3v) is 2.56. The normalized spacial score (nSPS) is 11.4. The molecule has 106 valence electrons. The Kier molecular flexibility index (Phi) is 3.80. The van der Waals surface area contributed by atoms with Gasteiger partial charge in [-0.05, 0) is 23.8 Å². The van der Waals surface area contributed by atoms with E-state index in [1.807, 2.05) is 0 Å². The Balaban J connectivity index is 2.38. The van der Waals surface area contributed by atoms with Gasteiger partial charge in [-0.15, -0.1) is 0 Å². The number of nitrogen functional groups attached to an aromatic ring is 1. The van der Waals surface area contributed by atoms with Crippen LogP contribution in [0.1, 0.15) is 11.1 Å². The highest BCUT2D eigenvalue weighted by Crippen LogP contribution is 2.38. The predicted octanol–water partition coefficient (Wildman–Crippen LogP) is 2.93. The van der Waals surface area contributed by atoms with E-state index in [0.29, 0.717) is 11.3 Å². The zero-order chi connectivity index (χ0) is 14.8. The molecule has 0 amide bonds. The second-order valence-corrected chi connectivity index (χ2v) is 4.06. The van der Waals surface area contributed by atoms with E-state index in [2.05, 4.69) is 4.98 Å². The van der Waals surface area contributed by atoms with Crippen molar-refractivity contribution in [1.82, 2.24) is 4.98 Å². The van der Waals surface area contributed by atoms with Gasteiger partial charge in [0, 0.05) is 12.6 Å². The summed E-state index contributed by atoms with van der Waals surface area (Å²) in [6.45, 7) is 0.0173. The van der Waals surface area contributed by atoms with Crippen LogP contribution in [0.4, 0.5) is 18.9 Å². The average molecular weight is 283 g/mol. The summed E-state index contributed by atoms with van der Waals surface area (Å²) in [5.41, 5.74) is 10.7. The minimum atomic E-state index is -4.53. The molecule has 0 spiro atoms. The van der Waals surface area contributed by atoms with E-state index < -0.39 is 11.7 Å². The standard InChI is InChI=1S/C13H12F3N3O/c14-13(15,16)10-5-8(6-17)1-3-11(10)20-12-4-2-9(18)7-19-12/h1-5,7H,6,17-18H2. The van der Waals surface area contributed by atoms with Gasteiger partial charge in [0.2, 0.25) is 5.88 Å². The lowest BCUT2D eigenvalue weighted by Crippen LogP contribution is -2.09. The van der Waals surface area contributed by atoms with E-state index >= 15 is 0 Å². The van der Waals surface area contributed by atoms with Crippen LogP contribution in [0.5, 0.6) is 11.6 Å². The van der Waals surface area contributed by atoms with Gasteiger partial charge >= 0.3 is 6.18 Å². The zero-order valence-corrected chi connectivity index (χ0v) is 10.3. The highest BCUT2D eigenvalue weighted by atomic mass is 19.4. The van der Waals surface area contributed by atoms with Gasteiger partial charge in [0.1, 0.15) is 5.75 Å². The number of benzene rings is 1. The minimum Gasteiger partial charge on any atom is -0.438 e. The Labute approximate surface area is 113 Å². The molecule has 0 fully saturated rings. The summed E-state index contributed by atoms with van der Waals surface area (Å²) in [6, 6.07) is 6.55. The van der Waals surface area contributed by atoms with Gasteiger partial charge in [-0.2, -0.15) is 13.2 Å². The van der Waals surface area contributed by atoms with Crippen molar-refractivity contribution in [3.05, 3.63) is 47.7 Å². The number of nitrogens with zero attached hydrogens (tertiary/aromatic N) is 1. The van der Waals surface area contributed by atoms with Gasteiger partial charge in [-0.3, -0.25) is 0 Å². The molecule has 1 aromatic heterocycles. The lowest BCUT2D eigenvalue weighted by atomic mass is 10.1. The van der Waals surface area contributed by atoms with E-state index in [4.69, 9.17) is 16.2 Å². The van der Waals surface area contributed by atoms with E-state index in [9.17, 15) is 13.2 Å². The van der Waals surface area contributed by atoms with Crippen LogP contribution in [0.25, 0.3) is 0 Å². The molecule has 20 heavy (non-hydrogen) atoms. The average Bonchev–Trinajstić information content (AvgIpc) is 2.40. The Bertz CT molecular complexity index is 597. The molecule has 0 atom stereocenters. The molecular weight excluding hydrogens is 271 g/mol. The number of ether oxygens (including phenoxy) is 1. The number of nitrogens with two attached hydrogens (primary N) is 2. The lowest BCUT2D eigenvalue weighted by molar-refractivity contribution is -0.138. The number of hydrogen-bond donors (Lipinski definition) is 2. The molecule has 4 N–H and O–H groups in total. The molecule has 0 saturated carbocycles. The maximum atomic E-state index is 13.0. The topological polar surface area (TPSA) is 74.2 Å². The van der Waals surface area contributed by atoms with Gasteiger partial charge in [0.05, 0.1) is 17.4 Å². The highest BCUT2D eigenvalue weighted by Gasteiger charge is 2.34. The molecule has 0 bridgehead atoms. The first-order valence-corrected chi connectivity index (χ1v) is 5.69. The smallest absolute Gasteiger partial charge is 0.419 e. The third kappa shape index (κ3) is 3.18. The second kappa shape index (κ2) is 5.38. The van der Waals surface area contributed by atoms with Crippen LogP contribution >= 0.6 is 0 Å². The lowest BCUT2D eigenvalue weighted by Gasteiger charge is -2.14. The number of halogens is 3. The summed E-state index contributed by atoms with van der Waals surface area (Å²) in [7, 11) is 0. The molecule has 0 unspecified atom stereocenters. The second-order valence-electron chi connectivity index (χ2n) is 4.06. The van der Waals surface area contributed by atoms with Crippen molar-refractivity contribution < 1.29 is 17.9 Å². The van der Waals surface area contributed by atoms with Crippen molar-refractivity contribution >= 4 is 5.69 Å². The van der Waals surface area contributed by atoms with Crippen molar-refractivity contribution in [2.24, 2.45) is 5.73 Å². The highest BCUT2D eigenvalue weighted by molar-refractivity contribution is 5.42. The van der Waals surface area contributed by atoms with Crippen LogP contribution < -0.4 is 16.2 Å². The fraction of sp³-hybridized carbons (Fsp3) is 0.154. The van der Waals surface area contributed by atoms with Gasteiger partial charge in [0.15, 0.2) is 0 Å². The monoisotopic (exact) mass is 283 g/mol. The summed E-state index contributed by atoms with van der Waals surface area (Å²) in [5, 5.41) is 0. The molecule has 0 saturated heterocycles. The molecule has 0 aliphatic carbocycles. The molecule has 2 rings (SSSR count). The Morgan fingerprint density at radius 2 is 1.90 bits per heavy atom. The van der Waals surface area contributed by atoms with Gasteiger partial charge in [-0.1, -0.05) is 6.07 Å². The molecular formula is C13H12F3N3O. The van der Waals surface area contributed by atoms with Crippen molar-refractivity contribution in [2.45, 2.75) is 12.7 Å². The number of pyridine rings is 1. The summed E-state index contributed by atoms with van der Waals surface area (Å²) < 4.78 is 44.1. The Hall–Kier alpha value is -2.28. The molecule has 0 aliphatic rings. The van der Waals surface area contributed by atoms with Crippen LogP contribution in [-0.2, 0) is 12.7 Å². The third-order valence-electron chi connectivity index (χ3n) is 2.56. The SMILES string of the molecule is NCc1ccc(Oc2ccc(N)cn2)c(C(F)(F)F)c1. The molecule has 1 aromatic carbocycles. The Morgan fingerprint density at radius 3 is 2.45 bits per heavy atom. The van der Waals surface area contributed by atoms with Gasteiger partial charge in [0.25, 0.3) is 0 Å². The molecule has 7 heteroatoms. The fourth-order valence-corrected chi connectivity index (χ4v) is 1.58. The maximum absolute atomic E-state index is 13.0. The van der Waals surface area contributed by atoms with Crippen LogP contribution in [-0.4, -0.2) is 4.98 Å². The first-order valence-electron chi connectivity index (χ1n) is 5.69. The van der Waals surface area contributed by atoms with Crippen molar-refractivity contribution in [3.8, 4) is 11.6 Å². The summed E-state index contributed by atoms with van der Waals surface area (Å²) in [4.78, 5) is 3.80. The van der Waals surface area contributed by atoms with E-state index in [-0.39, 0.29) is 18.2 Å². The number of anilines is 1. The molecule has 0 aliphatic heterocycles. The number of aromatic nitrogens is 1. The van der Waals surface area contributed by atoms with E-state index in [0.717, 1.165) is 6.07 Å². The van der Waals surface area contributed by atoms with Crippen LogP contribution in [0.3, 0.4) is 0 Å². The van der Waals surface area contributed by atoms with E-state index in [1.54, 1.807) is 0 Å². The zero-order valence-electron chi connectivity index (χ0n) is 10.3. The van der Waals surface area contributed by atoms with Gasteiger partial charge < -0.3 is 16.2 Å². The van der Waals surface area contributed by atoms with Crippen molar-refractivity contribution in [2.75, 3.05) is 5.73 Å². The summed E-state index contributed by atoms with van der Waals surface area (Å²) in [6.07, 6.45) is -3.23. The fourth-order valence-electron chi connectivity index (χ4n) is 1.58. The molecule has 0 radical (unpaired) electrons. The summed E-state index contributed by atoms with van der Waals surface area (Å²) >= 11 is 0.